The molecular weight excluding hydrogens is 526 g/mol. The number of aromatic nitrogens is 3. The van der Waals surface area contributed by atoms with Gasteiger partial charge in [0.25, 0.3) is 0 Å². The number of benzene rings is 7. The Kier molecular flexibility index (Phi) is 5.16. The summed E-state index contributed by atoms with van der Waals surface area (Å²) in [4.78, 5) is 15.3. The topological polar surface area (TPSA) is 51.8 Å². The van der Waals surface area contributed by atoms with Crippen molar-refractivity contribution >= 4 is 54.3 Å². The lowest BCUT2D eigenvalue weighted by atomic mass is 9.93. The number of para-hydroxylation sites is 1. The first-order valence-electron chi connectivity index (χ1n) is 14.4. The third-order valence-electron chi connectivity index (χ3n) is 8.31. The molecule has 2 heterocycles. The molecular formula is C39H23N3O. The van der Waals surface area contributed by atoms with E-state index in [1.807, 2.05) is 60.7 Å². The third kappa shape index (κ3) is 3.81. The monoisotopic (exact) mass is 549 g/mol. The molecule has 0 saturated heterocycles. The zero-order valence-corrected chi connectivity index (χ0v) is 23.0. The molecule has 0 amide bonds. The Bertz CT molecular complexity index is 2510. The van der Waals surface area contributed by atoms with E-state index in [4.69, 9.17) is 19.4 Å². The van der Waals surface area contributed by atoms with Crippen LogP contribution in [0.1, 0.15) is 0 Å². The van der Waals surface area contributed by atoms with Gasteiger partial charge in [0.15, 0.2) is 17.5 Å². The Morgan fingerprint density at radius 2 is 0.977 bits per heavy atom. The smallest absolute Gasteiger partial charge is 0.164 e. The van der Waals surface area contributed by atoms with Gasteiger partial charge < -0.3 is 4.42 Å². The number of hydrogen-bond acceptors (Lipinski definition) is 4. The highest BCUT2D eigenvalue weighted by Gasteiger charge is 2.17. The molecule has 9 rings (SSSR count). The van der Waals surface area contributed by atoms with Crippen molar-refractivity contribution in [3.8, 4) is 34.2 Å². The highest BCUT2D eigenvalue weighted by Crippen LogP contribution is 2.38. The first-order chi connectivity index (χ1) is 21.3. The van der Waals surface area contributed by atoms with Crippen LogP contribution in [0.15, 0.2) is 144 Å². The van der Waals surface area contributed by atoms with E-state index < -0.39 is 0 Å². The summed E-state index contributed by atoms with van der Waals surface area (Å²) in [5, 5.41) is 9.21. The number of nitrogens with zero attached hydrogens (tertiary/aromatic N) is 3. The lowest BCUT2D eigenvalue weighted by Crippen LogP contribution is -2.00. The van der Waals surface area contributed by atoms with Crippen molar-refractivity contribution in [2.45, 2.75) is 0 Å². The van der Waals surface area contributed by atoms with E-state index in [1.165, 1.54) is 26.9 Å². The minimum atomic E-state index is 0.623. The quantitative estimate of drug-likeness (QED) is 0.206. The maximum absolute atomic E-state index is 6.10. The van der Waals surface area contributed by atoms with Crippen molar-refractivity contribution in [2.24, 2.45) is 0 Å². The average molecular weight is 550 g/mol. The van der Waals surface area contributed by atoms with Gasteiger partial charge in [-0.25, -0.2) is 15.0 Å². The molecule has 0 spiro atoms. The molecule has 0 fully saturated rings. The van der Waals surface area contributed by atoms with Crippen LogP contribution in [0.2, 0.25) is 0 Å². The molecule has 7 aromatic carbocycles. The van der Waals surface area contributed by atoms with Gasteiger partial charge in [-0.05, 0) is 62.6 Å². The molecule has 0 atom stereocenters. The summed E-state index contributed by atoms with van der Waals surface area (Å²) in [5.41, 5.74) is 4.55. The molecule has 9 aromatic rings. The zero-order chi connectivity index (χ0) is 28.3. The van der Waals surface area contributed by atoms with Gasteiger partial charge in [0.2, 0.25) is 0 Å². The molecule has 0 N–H and O–H groups in total. The molecule has 4 heteroatoms. The number of furan rings is 1. The summed E-state index contributed by atoms with van der Waals surface area (Å²) in [6.45, 7) is 0. The molecule has 0 aliphatic carbocycles. The van der Waals surface area contributed by atoms with Crippen molar-refractivity contribution in [1.82, 2.24) is 15.0 Å². The standard InChI is InChI=1S/C39H23N3O/c1-2-11-25(12-3-1)37-40-38(26-19-21-36-33(22-26)31-16-8-9-17-35(31)43-36)42-39(41-37)34-23-32-27-13-5-4-10-24(27)18-20-30(32)28-14-6-7-15-29(28)34/h1-23H. The van der Waals surface area contributed by atoms with E-state index in [-0.39, 0.29) is 0 Å². The molecule has 0 radical (unpaired) electrons. The fourth-order valence-electron chi connectivity index (χ4n) is 6.25. The Labute approximate surface area is 246 Å². The lowest BCUT2D eigenvalue weighted by Gasteiger charge is -2.13. The van der Waals surface area contributed by atoms with Crippen LogP contribution in [0.25, 0.3) is 88.4 Å². The van der Waals surface area contributed by atoms with Crippen LogP contribution in [0.4, 0.5) is 0 Å². The summed E-state index contributed by atoms with van der Waals surface area (Å²) < 4.78 is 6.10. The molecule has 4 nitrogen and oxygen atoms in total. The van der Waals surface area contributed by atoms with Gasteiger partial charge in [-0.2, -0.15) is 0 Å². The van der Waals surface area contributed by atoms with Gasteiger partial charge in [-0.3, -0.25) is 0 Å². The summed E-state index contributed by atoms with van der Waals surface area (Å²) in [6.07, 6.45) is 0. The minimum absolute atomic E-state index is 0.623. The highest BCUT2D eigenvalue weighted by molar-refractivity contribution is 6.20. The van der Waals surface area contributed by atoms with Crippen LogP contribution in [0.3, 0.4) is 0 Å². The van der Waals surface area contributed by atoms with Crippen molar-refractivity contribution < 1.29 is 4.42 Å². The molecule has 0 unspecified atom stereocenters. The third-order valence-corrected chi connectivity index (χ3v) is 8.31. The van der Waals surface area contributed by atoms with Gasteiger partial charge in [-0.1, -0.05) is 109 Å². The number of rotatable bonds is 3. The predicted molar refractivity (Wildman–Crippen MR) is 176 cm³/mol. The van der Waals surface area contributed by atoms with Crippen LogP contribution in [-0.4, -0.2) is 15.0 Å². The second kappa shape index (κ2) is 9.33. The van der Waals surface area contributed by atoms with E-state index >= 15 is 0 Å². The fraction of sp³-hybridized carbons (Fsp3) is 0. The van der Waals surface area contributed by atoms with Crippen molar-refractivity contribution in [3.63, 3.8) is 0 Å². The second-order valence-corrected chi connectivity index (χ2v) is 10.8. The Hall–Kier alpha value is -5.87. The average Bonchev–Trinajstić information content (AvgIpc) is 3.46. The van der Waals surface area contributed by atoms with Crippen LogP contribution in [0, 0.1) is 0 Å². The SMILES string of the molecule is c1ccc(-c2nc(-c3ccc4oc5ccccc5c4c3)nc(-c3cc4c5ccccc5ccc4c4ccccc34)n2)cc1. The van der Waals surface area contributed by atoms with E-state index in [0.29, 0.717) is 17.5 Å². The number of fused-ring (bicyclic) bond motifs is 8. The van der Waals surface area contributed by atoms with Crippen LogP contribution in [0.5, 0.6) is 0 Å². The summed E-state index contributed by atoms with van der Waals surface area (Å²) in [6, 6.07) is 48.1. The molecule has 2 aromatic heterocycles. The maximum atomic E-state index is 6.10. The van der Waals surface area contributed by atoms with Crippen LogP contribution in [-0.2, 0) is 0 Å². The Balaban J connectivity index is 1.35. The van der Waals surface area contributed by atoms with Gasteiger partial charge in [0.05, 0.1) is 0 Å². The van der Waals surface area contributed by atoms with Gasteiger partial charge in [0.1, 0.15) is 11.2 Å². The van der Waals surface area contributed by atoms with Gasteiger partial charge in [-0.15, -0.1) is 0 Å². The second-order valence-electron chi connectivity index (χ2n) is 10.8. The van der Waals surface area contributed by atoms with E-state index in [9.17, 15) is 0 Å². The largest absolute Gasteiger partial charge is 0.456 e. The molecule has 0 bridgehead atoms. The Morgan fingerprint density at radius 1 is 0.349 bits per heavy atom. The normalized spacial score (nSPS) is 11.7. The van der Waals surface area contributed by atoms with Crippen LogP contribution >= 0.6 is 0 Å². The summed E-state index contributed by atoms with van der Waals surface area (Å²) in [5.74, 6) is 1.91. The fourth-order valence-corrected chi connectivity index (χ4v) is 6.25. The first kappa shape index (κ1) is 23.8. The van der Waals surface area contributed by atoms with Gasteiger partial charge in [0, 0.05) is 27.5 Å². The minimum Gasteiger partial charge on any atom is -0.456 e. The van der Waals surface area contributed by atoms with E-state index in [2.05, 4.69) is 78.9 Å². The molecule has 0 aliphatic rings. The predicted octanol–water partition coefficient (Wildman–Crippen LogP) is 10.2. The first-order valence-corrected chi connectivity index (χ1v) is 14.4. The lowest BCUT2D eigenvalue weighted by molar-refractivity contribution is 0.669. The van der Waals surface area contributed by atoms with Crippen molar-refractivity contribution in [2.75, 3.05) is 0 Å². The highest BCUT2D eigenvalue weighted by atomic mass is 16.3. The molecule has 200 valence electrons. The molecule has 0 aliphatic heterocycles. The summed E-state index contributed by atoms with van der Waals surface area (Å²) >= 11 is 0. The molecule has 0 saturated carbocycles. The summed E-state index contributed by atoms with van der Waals surface area (Å²) in [7, 11) is 0. The van der Waals surface area contributed by atoms with Crippen molar-refractivity contribution in [3.05, 3.63) is 140 Å². The van der Waals surface area contributed by atoms with Gasteiger partial charge >= 0.3 is 0 Å². The van der Waals surface area contributed by atoms with Crippen LogP contribution < -0.4 is 0 Å². The van der Waals surface area contributed by atoms with E-state index in [1.54, 1.807) is 0 Å². The number of hydrogen-bond donors (Lipinski definition) is 0. The maximum Gasteiger partial charge on any atom is 0.164 e. The Morgan fingerprint density at radius 3 is 1.84 bits per heavy atom. The van der Waals surface area contributed by atoms with E-state index in [0.717, 1.165) is 44.0 Å². The van der Waals surface area contributed by atoms with Crippen molar-refractivity contribution in [1.29, 1.82) is 0 Å². The molecule has 43 heavy (non-hydrogen) atoms. The zero-order valence-electron chi connectivity index (χ0n) is 23.0.